The number of rotatable bonds is 3. The molecule has 2 bridgehead atoms. The second kappa shape index (κ2) is 11.5. The Labute approximate surface area is 261 Å². The molecule has 6 aliphatic rings. The van der Waals surface area contributed by atoms with E-state index in [9.17, 15) is 36.2 Å². The van der Waals surface area contributed by atoms with Gasteiger partial charge < -0.3 is 19.5 Å². The number of aromatic nitrogens is 1. The van der Waals surface area contributed by atoms with Gasteiger partial charge in [0.05, 0.1) is 17.1 Å². The lowest BCUT2D eigenvalue weighted by molar-refractivity contribution is -0.374. The van der Waals surface area contributed by atoms with Crippen LogP contribution in [-0.4, -0.2) is 51.3 Å². The first kappa shape index (κ1) is 31.9. The van der Waals surface area contributed by atoms with Crippen LogP contribution in [0.4, 0.5) is 31.1 Å². The molecule has 1 amide bonds. The van der Waals surface area contributed by atoms with Crippen LogP contribution < -0.4 is 0 Å². The molecule has 2 aromatic rings. The molecule has 1 aromatic heterocycles. The van der Waals surface area contributed by atoms with Gasteiger partial charge in [-0.3, -0.25) is 0 Å². The van der Waals surface area contributed by atoms with Gasteiger partial charge >= 0.3 is 18.4 Å². The summed E-state index contributed by atoms with van der Waals surface area (Å²) >= 11 is 0. The maximum atomic E-state index is 13.8. The van der Waals surface area contributed by atoms with Crippen LogP contribution in [0.15, 0.2) is 24.3 Å². The largest absolute Gasteiger partial charge is 0.446 e. The molecule has 4 saturated carbocycles. The lowest BCUT2D eigenvalue weighted by Crippen LogP contribution is -2.51. The lowest BCUT2D eigenvalue weighted by atomic mass is 9.67. The molecule has 3 unspecified atom stereocenters. The minimum atomic E-state index is -5.08. The van der Waals surface area contributed by atoms with E-state index in [-0.39, 0.29) is 36.3 Å². The molecule has 0 radical (unpaired) electrons. The fraction of sp³-hybridized carbons (Fsp3) is 0.688. The fourth-order valence-electron chi connectivity index (χ4n) is 8.34. The van der Waals surface area contributed by atoms with Gasteiger partial charge in [0, 0.05) is 37.1 Å². The van der Waals surface area contributed by atoms with Gasteiger partial charge in [-0.25, -0.2) is 9.78 Å². The molecule has 2 spiro atoms. The van der Waals surface area contributed by atoms with Crippen LogP contribution in [0.2, 0.25) is 0 Å². The van der Waals surface area contributed by atoms with Crippen LogP contribution in [0.1, 0.15) is 100.0 Å². The first-order valence-corrected chi connectivity index (χ1v) is 16.1. The number of carbonyl (C=O) groups is 1. The molecule has 14 heteroatoms. The van der Waals surface area contributed by atoms with Crippen LogP contribution in [0.3, 0.4) is 0 Å². The molecule has 1 N–H and O–H groups in total. The Morgan fingerprint density at radius 1 is 0.978 bits per heavy atom. The highest BCUT2D eigenvalue weighted by atomic mass is 19.4. The number of ether oxygens (including phenoxy) is 2. The number of benzene rings is 1. The van der Waals surface area contributed by atoms with E-state index >= 15 is 0 Å². The summed E-state index contributed by atoms with van der Waals surface area (Å²) in [7, 11) is 0. The van der Waals surface area contributed by atoms with Crippen molar-refractivity contribution in [3.05, 3.63) is 41.1 Å². The summed E-state index contributed by atoms with van der Waals surface area (Å²) in [6, 6.07) is 2.43. The summed E-state index contributed by atoms with van der Waals surface area (Å²) in [4.78, 5) is 30.0. The lowest BCUT2D eigenvalue weighted by Gasteiger charge is -2.47. The van der Waals surface area contributed by atoms with E-state index in [2.05, 4.69) is 4.98 Å². The number of para-hydroxylation sites is 1. The Morgan fingerprint density at radius 2 is 1.76 bits per heavy atom. The van der Waals surface area contributed by atoms with Gasteiger partial charge in [-0.2, -0.15) is 36.1 Å². The predicted octanol–water partition coefficient (Wildman–Crippen LogP) is 7.82. The van der Waals surface area contributed by atoms with E-state index in [0.717, 1.165) is 38.2 Å². The van der Waals surface area contributed by atoms with Crippen molar-refractivity contribution in [3.8, 4) is 0 Å². The second-order valence-electron chi connectivity index (χ2n) is 13.5. The highest BCUT2D eigenvalue weighted by Crippen LogP contribution is 2.56. The maximum Gasteiger partial charge on any atom is 0.433 e. The molecule has 6 fully saturated rings. The number of likely N-dealkylation sites (tertiary alicyclic amines) is 1. The molecule has 3 heterocycles. The Bertz CT molecular complexity index is 1480. The Morgan fingerprint density at radius 3 is 2.46 bits per heavy atom. The average molecular weight is 659 g/mol. The molecular formula is C32H36F6N2O6. The van der Waals surface area contributed by atoms with Crippen LogP contribution in [0.25, 0.3) is 10.9 Å². The zero-order valence-corrected chi connectivity index (χ0v) is 25.0. The minimum absolute atomic E-state index is 0.156. The number of alkyl halides is 6. The number of piperidine rings is 1. The summed E-state index contributed by atoms with van der Waals surface area (Å²) in [6.07, 6.45) is -4.79. The molecule has 8 nitrogen and oxygen atoms in total. The van der Waals surface area contributed by atoms with Crippen molar-refractivity contribution in [2.45, 2.75) is 119 Å². The summed E-state index contributed by atoms with van der Waals surface area (Å²) in [6.45, 7) is 0.156. The first-order chi connectivity index (χ1) is 21.8. The Balaban J connectivity index is 1.12. The zero-order chi connectivity index (χ0) is 32.5. The van der Waals surface area contributed by atoms with E-state index in [4.69, 9.17) is 19.2 Å². The van der Waals surface area contributed by atoms with E-state index in [0.29, 0.717) is 50.2 Å². The summed E-state index contributed by atoms with van der Waals surface area (Å²) in [5, 5.41) is 11.3. The normalized spacial score (nSPS) is 34.0. The third-order valence-corrected chi connectivity index (χ3v) is 10.6. The van der Waals surface area contributed by atoms with Crippen molar-refractivity contribution in [3.63, 3.8) is 0 Å². The van der Waals surface area contributed by atoms with Crippen molar-refractivity contribution in [2.24, 2.45) is 11.8 Å². The number of pyridine rings is 1. The number of hydrogen-bond acceptors (Lipinski definition) is 7. The Kier molecular flexibility index (Phi) is 7.96. The molecule has 46 heavy (non-hydrogen) atoms. The number of nitrogens with zero attached hydrogens (tertiary/aromatic N) is 2. The van der Waals surface area contributed by atoms with Gasteiger partial charge in [0.25, 0.3) is 0 Å². The van der Waals surface area contributed by atoms with Crippen LogP contribution in [0, 0.1) is 11.8 Å². The van der Waals surface area contributed by atoms with Crippen molar-refractivity contribution >= 4 is 17.0 Å². The van der Waals surface area contributed by atoms with Crippen molar-refractivity contribution in [1.82, 2.24) is 9.88 Å². The number of aliphatic hydroxyl groups is 1. The zero-order valence-electron chi connectivity index (χ0n) is 25.0. The molecule has 2 saturated heterocycles. The summed E-state index contributed by atoms with van der Waals surface area (Å²) in [5.41, 5.74) is -4.22. The molecule has 8 rings (SSSR count). The SMILES string of the molecule is O=C(O[C@@H]1CCC[C@]2(C1)OOC1(CC3CCC1CC3)O2)N1CCCCC1C(O)c1cc(C(F)(F)F)nc2c(C(F)(F)F)cccc12. The van der Waals surface area contributed by atoms with Gasteiger partial charge in [-0.05, 0) is 81.4 Å². The topological polar surface area (TPSA) is 90.4 Å². The van der Waals surface area contributed by atoms with Crippen LogP contribution >= 0.6 is 0 Å². The quantitative estimate of drug-likeness (QED) is 0.266. The smallest absolute Gasteiger partial charge is 0.433 e. The molecule has 4 aliphatic carbocycles. The number of halogens is 6. The maximum absolute atomic E-state index is 13.8. The van der Waals surface area contributed by atoms with Crippen molar-refractivity contribution in [2.75, 3.05) is 6.54 Å². The fourth-order valence-corrected chi connectivity index (χ4v) is 8.34. The van der Waals surface area contributed by atoms with Gasteiger partial charge in [-0.15, -0.1) is 0 Å². The number of hydrogen-bond donors (Lipinski definition) is 1. The summed E-state index contributed by atoms with van der Waals surface area (Å²) in [5.74, 6) is -1.08. The monoisotopic (exact) mass is 658 g/mol. The average Bonchev–Trinajstić information content (AvgIpc) is 3.35. The van der Waals surface area contributed by atoms with Crippen molar-refractivity contribution < 1.29 is 55.5 Å². The highest BCUT2D eigenvalue weighted by Gasteiger charge is 2.61. The van der Waals surface area contributed by atoms with E-state index < -0.39 is 65.0 Å². The minimum Gasteiger partial charge on any atom is -0.446 e. The van der Waals surface area contributed by atoms with Gasteiger partial charge in [-0.1, -0.05) is 12.1 Å². The third-order valence-electron chi connectivity index (χ3n) is 10.6. The van der Waals surface area contributed by atoms with Crippen molar-refractivity contribution in [1.29, 1.82) is 0 Å². The molecule has 1 aromatic carbocycles. The number of fused-ring (bicyclic) bond motifs is 3. The summed E-state index contributed by atoms with van der Waals surface area (Å²) < 4.78 is 95.4. The third kappa shape index (κ3) is 5.73. The number of amides is 1. The van der Waals surface area contributed by atoms with Gasteiger partial charge in [0.15, 0.2) is 0 Å². The molecular weight excluding hydrogens is 622 g/mol. The molecule has 252 valence electrons. The standard InChI is InChI=1S/C32H36F6N2O6/c33-31(34,35)23-7-3-6-21-22(15-25(32(36,37)38)39-26(21)23)27(41)24-8-1-2-14-40(24)28(42)43-20-5-4-13-29(17-20)44-30(46-45-29)16-18-9-11-19(30)12-10-18/h3,6-7,15,18-20,24,27,41H,1-2,4-5,8-14,16-17H2/t18?,19?,20-,24?,27?,29-,30?/m1/s1. The predicted molar refractivity (Wildman–Crippen MR) is 149 cm³/mol. The van der Waals surface area contributed by atoms with Gasteiger partial charge in [0.2, 0.25) is 11.6 Å². The van der Waals surface area contributed by atoms with E-state index in [1.54, 1.807) is 0 Å². The molecule has 2 aliphatic heterocycles. The first-order valence-electron chi connectivity index (χ1n) is 16.1. The van der Waals surface area contributed by atoms with Gasteiger partial charge in [0.1, 0.15) is 17.9 Å². The second-order valence-corrected chi connectivity index (χ2v) is 13.5. The number of aliphatic hydroxyl groups excluding tert-OH is 1. The Hall–Kier alpha value is -2.68. The highest BCUT2D eigenvalue weighted by molar-refractivity contribution is 5.86. The van der Waals surface area contributed by atoms with Crippen LogP contribution in [-0.2, 0) is 31.6 Å². The van der Waals surface area contributed by atoms with E-state index in [1.807, 2.05) is 0 Å². The number of carbonyl (C=O) groups excluding carboxylic acids is 1. The van der Waals surface area contributed by atoms with Crippen LogP contribution in [0.5, 0.6) is 0 Å². The van der Waals surface area contributed by atoms with E-state index in [1.165, 1.54) is 11.0 Å². The molecule has 5 atom stereocenters.